The Morgan fingerprint density at radius 3 is 2.38 bits per heavy atom. The van der Waals surface area contributed by atoms with Crippen LogP contribution in [0.5, 0.6) is 0 Å². The van der Waals surface area contributed by atoms with E-state index in [9.17, 15) is 13.2 Å². The van der Waals surface area contributed by atoms with E-state index < -0.39 is 10.0 Å². The lowest BCUT2D eigenvalue weighted by atomic mass is 9.94. The van der Waals surface area contributed by atoms with Crippen LogP contribution in [0.1, 0.15) is 58.1 Å². The summed E-state index contributed by atoms with van der Waals surface area (Å²) in [6.07, 6.45) is 2.76. The molecule has 0 fully saturated rings. The van der Waals surface area contributed by atoms with Crippen LogP contribution >= 0.6 is 0 Å². The summed E-state index contributed by atoms with van der Waals surface area (Å²) in [7, 11) is -3.78. The van der Waals surface area contributed by atoms with Crippen molar-refractivity contribution < 1.29 is 13.2 Å². The van der Waals surface area contributed by atoms with Gasteiger partial charge in [-0.05, 0) is 68.9 Å². The van der Waals surface area contributed by atoms with Gasteiger partial charge in [-0.1, -0.05) is 24.6 Å². The van der Waals surface area contributed by atoms with Crippen LogP contribution in [0.3, 0.4) is 0 Å². The summed E-state index contributed by atoms with van der Waals surface area (Å²) in [5.74, 6) is 0.138. The van der Waals surface area contributed by atoms with E-state index in [1.54, 1.807) is 6.07 Å². The molecule has 0 bridgehead atoms. The number of benzene rings is 2. The van der Waals surface area contributed by atoms with Crippen LogP contribution < -0.4 is 4.72 Å². The van der Waals surface area contributed by atoms with E-state index in [0.717, 1.165) is 46.2 Å². The lowest BCUT2D eigenvalue weighted by Gasteiger charge is -2.16. The second-order valence-electron chi connectivity index (χ2n) is 7.99. The number of Topliss-reactive ketones (excluding diaryl/α,β-unsaturated/α-hetero) is 1. The molecule has 0 spiro atoms. The lowest BCUT2D eigenvalue weighted by Crippen LogP contribution is -2.16. The van der Waals surface area contributed by atoms with Gasteiger partial charge in [0.15, 0.2) is 5.78 Å². The van der Waals surface area contributed by atoms with Gasteiger partial charge in [-0.15, -0.1) is 0 Å². The molecule has 1 heterocycles. The summed E-state index contributed by atoms with van der Waals surface area (Å²) in [5, 5.41) is 0.836. The van der Waals surface area contributed by atoms with Crippen molar-refractivity contribution in [3.63, 3.8) is 0 Å². The number of sulfonamides is 1. The van der Waals surface area contributed by atoms with Crippen molar-refractivity contribution in [3.8, 4) is 0 Å². The van der Waals surface area contributed by atoms with Crippen LogP contribution in [0.15, 0.2) is 29.2 Å². The van der Waals surface area contributed by atoms with Gasteiger partial charge in [0.05, 0.1) is 10.6 Å². The first-order chi connectivity index (χ1) is 13.7. The molecule has 4 rings (SSSR count). The average molecular weight is 411 g/mol. The molecule has 1 aliphatic rings. The second kappa shape index (κ2) is 7.02. The molecule has 0 unspecified atom stereocenters. The van der Waals surface area contributed by atoms with E-state index in [2.05, 4.69) is 9.71 Å². The monoisotopic (exact) mass is 410 g/mol. The number of anilines is 1. The van der Waals surface area contributed by atoms with Crippen LogP contribution in [0.4, 0.5) is 5.69 Å². The van der Waals surface area contributed by atoms with E-state index in [4.69, 9.17) is 0 Å². The minimum atomic E-state index is -3.78. The number of hydrogen-bond donors (Lipinski definition) is 2. The molecule has 5 nitrogen and oxygen atoms in total. The number of ketones is 1. The van der Waals surface area contributed by atoms with E-state index in [-0.39, 0.29) is 10.7 Å². The molecule has 29 heavy (non-hydrogen) atoms. The highest BCUT2D eigenvalue weighted by molar-refractivity contribution is 7.92. The zero-order valence-corrected chi connectivity index (χ0v) is 18.1. The first kappa shape index (κ1) is 19.7. The minimum absolute atomic E-state index is 0.138. The van der Waals surface area contributed by atoms with Gasteiger partial charge in [0, 0.05) is 28.6 Å². The van der Waals surface area contributed by atoms with Crippen molar-refractivity contribution in [2.75, 3.05) is 4.72 Å². The summed E-state index contributed by atoms with van der Waals surface area (Å²) < 4.78 is 29.5. The fraction of sp³-hybridized carbons (Fsp3) is 0.348. The van der Waals surface area contributed by atoms with Crippen molar-refractivity contribution in [2.24, 2.45) is 0 Å². The minimum Gasteiger partial charge on any atom is -0.358 e. The van der Waals surface area contributed by atoms with Gasteiger partial charge in [0.25, 0.3) is 10.0 Å². The van der Waals surface area contributed by atoms with Crippen LogP contribution in [0.25, 0.3) is 10.9 Å². The summed E-state index contributed by atoms with van der Waals surface area (Å²) >= 11 is 0. The number of carbonyl (C=O) groups excluding carboxylic acids is 1. The molecule has 0 aliphatic heterocycles. The SMILES string of the molecule is CCc1cc2c3c([nH]c2cc1S(=O)(=O)Nc1c(C)cc(C)cc1C)CCCC3=O. The number of aryl methyl sites for hydroxylation is 5. The number of rotatable bonds is 4. The van der Waals surface area contributed by atoms with Gasteiger partial charge < -0.3 is 4.98 Å². The Morgan fingerprint density at radius 2 is 1.72 bits per heavy atom. The molecule has 3 aromatic rings. The maximum atomic E-state index is 13.3. The van der Waals surface area contributed by atoms with Crippen LogP contribution in [0.2, 0.25) is 0 Å². The Kier molecular flexibility index (Phi) is 4.77. The number of carbonyl (C=O) groups is 1. The highest BCUT2D eigenvalue weighted by Gasteiger charge is 2.26. The molecule has 2 aromatic carbocycles. The Morgan fingerprint density at radius 1 is 1.03 bits per heavy atom. The zero-order valence-electron chi connectivity index (χ0n) is 17.3. The normalized spacial score (nSPS) is 14.3. The third-order valence-electron chi connectivity index (χ3n) is 5.75. The van der Waals surface area contributed by atoms with Gasteiger partial charge in [0.1, 0.15) is 0 Å². The molecule has 0 saturated heterocycles. The van der Waals surface area contributed by atoms with Gasteiger partial charge in [-0.2, -0.15) is 0 Å². The van der Waals surface area contributed by atoms with Gasteiger partial charge >= 0.3 is 0 Å². The molecule has 0 radical (unpaired) electrons. The number of aromatic nitrogens is 1. The van der Waals surface area contributed by atoms with E-state index >= 15 is 0 Å². The van der Waals surface area contributed by atoms with Crippen LogP contribution in [-0.4, -0.2) is 19.2 Å². The summed E-state index contributed by atoms with van der Waals surface area (Å²) in [4.78, 5) is 16.0. The van der Waals surface area contributed by atoms with Crippen LogP contribution in [-0.2, 0) is 22.9 Å². The molecular weight excluding hydrogens is 384 g/mol. The number of aromatic amines is 1. The molecule has 0 saturated carbocycles. The topological polar surface area (TPSA) is 79.0 Å². The smallest absolute Gasteiger partial charge is 0.262 e. The fourth-order valence-electron chi connectivity index (χ4n) is 4.44. The highest BCUT2D eigenvalue weighted by Crippen LogP contribution is 2.34. The molecule has 1 aliphatic carbocycles. The maximum absolute atomic E-state index is 13.3. The van der Waals surface area contributed by atoms with Gasteiger partial charge in [-0.3, -0.25) is 9.52 Å². The Bertz CT molecular complexity index is 1230. The number of fused-ring (bicyclic) bond motifs is 3. The van der Waals surface area contributed by atoms with Crippen molar-refractivity contribution in [1.29, 1.82) is 0 Å². The predicted molar refractivity (Wildman–Crippen MR) is 116 cm³/mol. The first-order valence-electron chi connectivity index (χ1n) is 10.0. The second-order valence-corrected chi connectivity index (χ2v) is 9.64. The summed E-state index contributed by atoms with van der Waals surface area (Å²) in [6, 6.07) is 7.50. The molecule has 152 valence electrons. The summed E-state index contributed by atoms with van der Waals surface area (Å²) in [5.41, 5.74) is 6.60. The van der Waals surface area contributed by atoms with Crippen molar-refractivity contribution in [3.05, 3.63) is 57.8 Å². The third kappa shape index (κ3) is 3.35. The average Bonchev–Trinajstić information content (AvgIpc) is 3.02. The first-order valence-corrected chi connectivity index (χ1v) is 11.5. The predicted octanol–water partition coefficient (Wildman–Crippen LogP) is 4.98. The summed E-state index contributed by atoms with van der Waals surface area (Å²) in [6.45, 7) is 7.75. The maximum Gasteiger partial charge on any atom is 0.262 e. The van der Waals surface area contributed by atoms with Gasteiger partial charge in [-0.25, -0.2) is 8.42 Å². The van der Waals surface area contributed by atoms with E-state index in [1.807, 2.05) is 45.9 Å². The fourth-order valence-corrected chi connectivity index (χ4v) is 5.96. The Labute approximate surface area is 171 Å². The van der Waals surface area contributed by atoms with Crippen molar-refractivity contribution in [2.45, 2.75) is 58.3 Å². The van der Waals surface area contributed by atoms with Crippen LogP contribution in [0, 0.1) is 20.8 Å². The third-order valence-corrected chi connectivity index (χ3v) is 7.18. The largest absolute Gasteiger partial charge is 0.358 e. The van der Waals surface area contributed by atoms with Crippen molar-refractivity contribution >= 4 is 32.4 Å². The highest BCUT2D eigenvalue weighted by atomic mass is 32.2. The van der Waals surface area contributed by atoms with Gasteiger partial charge in [0.2, 0.25) is 0 Å². The molecule has 6 heteroatoms. The Hall–Kier alpha value is -2.60. The number of nitrogens with one attached hydrogen (secondary N) is 2. The zero-order chi connectivity index (χ0) is 20.9. The molecule has 1 aromatic heterocycles. The standard InChI is InChI=1S/C23H26N2O3S/c1-5-16-11-17-19(24-18-7-6-8-20(26)22(17)18)12-21(16)29(27,28)25-23-14(3)9-13(2)10-15(23)4/h9-12,24-25H,5-8H2,1-4H3. The lowest BCUT2D eigenvalue weighted by molar-refractivity contribution is 0.0974. The molecule has 2 N–H and O–H groups in total. The van der Waals surface area contributed by atoms with E-state index in [1.165, 1.54) is 0 Å². The molecule has 0 atom stereocenters. The number of hydrogen-bond acceptors (Lipinski definition) is 3. The number of H-pyrrole nitrogens is 1. The van der Waals surface area contributed by atoms with Crippen molar-refractivity contribution in [1.82, 2.24) is 4.98 Å². The van der Waals surface area contributed by atoms with E-state index in [0.29, 0.717) is 29.6 Å². The molecular formula is C23H26N2O3S. The Balaban J connectivity index is 1.85. The quantitative estimate of drug-likeness (QED) is 0.637. The molecule has 0 amide bonds.